The number of aryl methyl sites for hydroxylation is 1. The summed E-state index contributed by atoms with van der Waals surface area (Å²) in [4.78, 5) is 11.1. The molecule has 0 aliphatic carbocycles. The van der Waals surface area contributed by atoms with Crippen molar-refractivity contribution < 1.29 is 18.7 Å². The van der Waals surface area contributed by atoms with Gasteiger partial charge in [0.15, 0.2) is 17.8 Å². The minimum absolute atomic E-state index is 0.401. The number of para-hydroxylation sites is 1. The van der Waals surface area contributed by atoms with Crippen molar-refractivity contribution in [1.82, 2.24) is 10.2 Å². The SMILES string of the molecule is CCCCc1nnc(SCCOc2c(C=O)cccc2OC)o1. The molecule has 6 nitrogen and oxygen atoms in total. The molecule has 2 rings (SSSR count). The molecule has 0 unspecified atom stereocenters. The number of thioether (sulfide) groups is 1. The fourth-order valence-electron chi connectivity index (χ4n) is 1.94. The molecule has 0 N–H and O–H groups in total. The Morgan fingerprint density at radius 2 is 2.22 bits per heavy atom. The van der Waals surface area contributed by atoms with Crippen molar-refractivity contribution in [2.75, 3.05) is 19.5 Å². The summed E-state index contributed by atoms with van der Waals surface area (Å²) in [5, 5.41) is 8.53. The Morgan fingerprint density at radius 3 is 2.96 bits per heavy atom. The number of aromatic nitrogens is 2. The van der Waals surface area contributed by atoms with Gasteiger partial charge in [-0.05, 0) is 18.6 Å². The van der Waals surface area contributed by atoms with E-state index in [1.165, 1.54) is 11.8 Å². The van der Waals surface area contributed by atoms with Gasteiger partial charge in [0.25, 0.3) is 5.22 Å². The van der Waals surface area contributed by atoms with E-state index in [0.717, 1.165) is 25.5 Å². The molecule has 0 saturated carbocycles. The number of unbranched alkanes of at least 4 members (excludes halogenated alkanes) is 1. The van der Waals surface area contributed by atoms with Gasteiger partial charge >= 0.3 is 0 Å². The summed E-state index contributed by atoms with van der Waals surface area (Å²) in [6.45, 7) is 2.52. The number of carbonyl (C=O) groups excluding carboxylic acids is 1. The monoisotopic (exact) mass is 336 g/mol. The Kier molecular flexibility index (Phi) is 6.93. The molecule has 7 heteroatoms. The third-order valence-electron chi connectivity index (χ3n) is 3.10. The van der Waals surface area contributed by atoms with Gasteiger partial charge in [-0.15, -0.1) is 10.2 Å². The van der Waals surface area contributed by atoms with E-state index in [4.69, 9.17) is 13.9 Å². The van der Waals surface area contributed by atoms with E-state index in [2.05, 4.69) is 17.1 Å². The van der Waals surface area contributed by atoms with E-state index in [1.54, 1.807) is 25.3 Å². The molecule has 0 aliphatic rings. The smallest absolute Gasteiger partial charge is 0.276 e. The molecule has 23 heavy (non-hydrogen) atoms. The normalized spacial score (nSPS) is 10.5. The summed E-state index contributed by atoms with van der Waals surface area (Å²) in [6.07, 6.45) is 3.70. The lowest BCUT2D eigenvalue weighted by molar-refractivity contribution is 0.111. The molecule has 0 bridgehead atoms. The Balaban J connectivity index is 1.83. The predicted octanol–water partition coefficient (Wildman–Crippen LogP) is 3.40. The Labute approximate surface area is 139 Å². The number of hydrogen-bond donors (Lipinski definition) is 0. The van der Waals surface area contributed by atoms with Crippen LogP contribution in [0.1, 0.15) is 36.0 Å². The number of benzene rings is 1. The quantitative estimate of drug-likeness (QED) is 0.374. The van der Waals surface area contributed by atoms with Crippen LogP contribution in [-0.2, 0) is 6.42 Å². The van der Waals surface area contributed by atoms with Crippen LogP contribution in [0, 0.1) is 0 Å². The zero-order valence-electron chi connectivity index (χ0n) is 13.3. The van der Waals surface area contributed by atoms with Crippen LogP contribution < -0.4 is 9.47 Å². The van der Waals surface area contributed by atoms with Crippen LogP contribution in [0.25, 0.3) is 0 Å². The maximum absolute atomic E-state index is 11.1. The van der Waals surface area contributed by atoms with Crippen molar-refractivity contribution >= 4 is 18.0 Å². The second-order valence-electron chi connectivity index (χ2n) is 4.76. The number of rotatable bonds is 10. The average Bonchev–Trinajstić information content (AvgIpc) is 3.04. The molecule has 0 aliphatic heterocycles. The van der Waals surface area contributed by atoms with Gasteiger partial charge in [0.1, 0.15) is 0 Å². The molecule has 0 saturated heterocycles. The first-order valence-electron chi connectivity index (χ1n) is 7.48. The predicted molar refractivity (Wildman–Crippen MR) is 87.5 cm³/mol. The lowest BCUT2D eigenvalue weighted by atomic mass is 10.2. The van der Waals surface area contributed by atoms with Crippen LogP contribution in [-0.4, -0.2) is 36.0 Å². The number of hydrogen-bond acceptors (Lipinski definition) is 7. The van der Waals surface area contributed by atoms with Crippen LogP contribution in [0.3, 0.4) is 0 Å². The van der Waals surface area contributed by atoms with E-state index < -0.39 is 0 Å². The highest BCUT2D eigenvalue weighted by Crippen LogP contribution is 2.30. The molecule has 0 spiro atoms. The van der Waals surface area contributed by atoms with Crippen molar-refractivity contribution in [1.29, 1.82) is 0 Å². The maximum Gasteiger partial charge on any atom is 0.276 e. The van der Waals surface area contributed by atoms with Gasteiger partial charge in [-0.25, -0.2) is 0 Å². The summed E-state index contributed by atoms with van der Waals surface area (Å²) in [5.41, 5.74) is 0.467. The van der Waals surface area contributed by atoms with Crippen LogP contribution in [0.2, 0.25) is 0 Å². The standard InChI is InChI=1S/C16H20N2O4S/c1-3-4-8-14-17-18-16(22-14)23-10-9-21-15-12(11-19)6-5-7-13(15)20-2/h5-7,11H,3-4,8-10H2,1-2H3. The molecule has 0 amide bonds. The summed E-state index contributed by atoms with van der Waals surface area (Å²) < 4.78 is 16.4. The first-order valence-corrected chi connectivity index (χ1v) is 8.47. The summed E-state index contributed by atoms with van der Waals surface area (Å²) in [5.74, 6) is 2.30. The van der Waals surface area contributed by atoms with E-state index in [9.17, 15) is 4.79 Å². The number of ether oxygens (including phenoxy) is 2. The molecule has 2 aromatic rings. The third kappa shape index (κ3) is 4.99. The highest BCUT2D eigenvalue weighted by atomic mass is 32.2. The van der Waals surface area contributed by atoms with Crippen LogP contribution in [0.4, 0.5) is 0 Å². The molecule has 0 radical (unpaired) electrons. The van der Waals surface area contributed by atoms with Crippen molar-refractivity contribution in [2.45, 2.75) is 31.4 Å². The Hall–Kier alpha value is -2.02. The van der Waals surface area contributed by atoms with Gasteiger partial charge in [0, 0.05) is 12.2 Å². The van der Waals surface area contributed by atoms with Crippen molar-refractivity contribution in [2.24, 2.45) is 0 Å². The number of nitrogens with zero attached hydrogens (tertiary/aromatic N) is 2. The summed E-state index contributed by atoms with van der Waals surface area (Å²) >= 11 is 1.43. The molecule has 124 valence electrons. The van der Waals surface area contributed by atoms with E-state index in [0.29, 0.717) is 40.5 Å². The van der Waals surface area contributed by atoms with Crippen LogP contribution >= 0.6 is 11.8 Å². The van der Waals surface area contributed by atoms with Gasteiger partial charge in [0.2, 0.25) is 5.89 Å². The van der Waals surface area contributed by atoms with Gasteiger partial charge in [0.05, 0.1) is 19.3 Å². The van der Waals surface area contributed by atoms with Crippen LogP contribution in [0.5, 0.6) is 11.5 Å². The fourth-order valence-corrected chi connectivity index (χ4v) is 2.53. The summed E-state index contributed by atoms with van der Waals surface area (Å²) in [6, 6.07) is 5.20. The molecule has 1 aromatic heterocycles. The van der Waals surface area contributed by atoms with E-state index in [-0.39, 0.29) is 0 Å². The lowest BCUT2D eigenvalue weighted by Gasteiger charge is -2.11. The number of aldehydes is 1. The largest absolute Gasteiger partial charge is 0.493 e. The third-order valence-corrected chi connectivity index (χ3v) is 3.89. The highest BCUT2D eigenvalue weighted by molar-refractivity contribution is 7.99. The molecule has 1 heterocycles. The topological polar surface area (TPSA) is 74.5 Å². The van der Waals surface area contributed by atoms with E-state index in [1.807, 2.05) is 0 Å². The Morgan fingerprint density at radius 1 is 1.35 bits per heavy atom. The first kappa shape index (κ1) is 17.3. The maximum atomic E-state index is 11.1. The van der Waals surface area contributed by atoms with Crippen molar-refractivity contribution in [3.05, 3.63) is 29.7 Å². The zero-order chi connectivity index (χ0) is 16.5. The lowest BCUT2D eigenvalue weighted by Crippen LogP contribution is -2.04. The van der Waals surface area contributed by atoms with E-state index >= 15 is 0 Å². The molecule has 0 fully saturated rings. The summed E-state index contributed by atoms with van der Waals surface area (Å²) in [7, 11) is 1.54. The van der Waals surface area contributed by atoms with Crippen LogP contribution in [0.15, 0.2) is 27.8 Å². The van der Waals surface area contributed by atoms with Crippen molar-refractivity contribution in [3.63, 3.8) is 0 Å². The minimum Gasteiger partial charge on any atom is -0.493 e. The second-order valence-corrected chi connectivity index (χ2v) is 5.80. The second kappa shape index (κ2) is 9.19. The molecule has 1 aromatic carbocycles. The molecular formula is C16H20N2O4S. The van der Waals surface area contributed by atoms with Gasteiger partial charge in [-0.1, -0.05) is 31.2 Å². The first-order chi connectivity index (χ1) is 11.3. The minimum atomic E-state index is 0.401. The highest BCUT2D eigenvalue weighted by Gasteiger charge is 2.11. The molecule has 0 atom stereocenters. The van der Waals surface area contributed by atoms with Gasteiger partial charge in [-0.3, -0.25) is 4.79 Å². The number of methoxy groups -OCH3 is 1. The van der Waals surface area contributed by atoms with Gasteiger partial charge < -0.3 is 13.9 Å². The number of carbonyl (C=O) groups is 1. The fraction of sp³-hybridized carbons (Fsp3) is 0.438. The zero-order valence-corrected chi connectivity index (χ0v) is 14.1. The average molecular weight is 336 g/mol. The molecular weight excluding hydrogens is 316 g/mol. The Bertz CT molecular complexity index is 630. The van der Waals surface area contributed by atoms with Crippen molar-refractivity contribution in [3.8, 4) is 11.5 Å². The van der Waals surface area contributed by atoms with Gasteiger partial charge in [-0.2, -0.15) is 0 Å².